The number of hydrogen-bond donors (Lipinski definition) is 0. The van der Waals surface area contributed by atoms with Crippen LogP contribution in [0.15, 0.2) is 30.3 Å². The second-order valence-electron chi connectivity index (χ2n) is 10.6. The van der Waals surface area contributed by atoms with Crippen molar-refractivity contribution in [3.8, 4) is 0 Å². The predicted molar refractivity (Wildman–Crippen MR) is 139 cm³/mol. The molecular weight excluding hydrogens is 456 g/mol. The fourth-order valence-corrected chi connectivity index (χ4v) is 8.72. The van der Waals surface area contributed by atoms with Gasteiger partial charge >= 0.3 is 5.97 Å². The van der Waals surface area contributed by atoms with E-state index < -0.39 is 8.32 Å². The molecule has 32 heavy (non-hydrogen) atoms. The van der Waals surface area contributed by atoms with E-state index in [1.165, 1.54) is 6.42 Å². The van der Waals surface area contributed by atoms with Crippen LogP contribution in [0.4, 0.5) is 0 Å². The summed E-state index contributed by atoms with van der Waals surface area (Å²) >= 11 is 3.91. The van der Waals surface area contributed by atoms with E-state index in [1.807, 2.05) is 41.7 Å². The van der Waals surface area contributed by atoms with Crippen LogP contribution in [0.25, 0.3) is 0 Å². The van der Waals surface area contributed by atoms with Crippen LogP contribution >= 0.6 is 23.5 Å². The molecule has 1 spiro atoms. The van der Waals surface area contributed by atoms with Gasteiger partial charge in [0.2, 0.25) is 0 Å². The Morgan fingerprint density at radius 2 is 1.84 bits per heavy atom. The van der Waals surface area contributed by atoms with E-state index in [1.54, 1.807) is 0 Å². The minimum Gasteiger partial charge on any atom is -0.462 e. The molecule has 180 valence electrons. The molecule has 0 amide bonds. The van der Waals surface area contributed by atoms with Crippen LogP contribution in [0, 0.1) is 0 Å². The molecule has 4 nitrogen and oxygen atoms in total. The van der Waals surface area contributed by atoms with Gasteiger partial charge in [-0.15, -0.1) is 23.5 Å². The lowest BCUT2D eigenvalue weighted by Gasteiger charge is -2.44. The number of cyclic esters (lactones) is 1. The normalized spacial score (nSPS) is 23.6. The van der Waals surface area contributed by atoms with Crippen LogP contribution in [-0.4, -0.2) is 48.2 Å². The Kier molecular flexibility index (Phi) is 8.86. The minimum absolute atomic E-state index is 0.0199. The van der Waals surface area contributed by atoms with Gasteiger partial charge < -0.3 is 13.9 Å². The number of esters is 1. The summed E-state index contributed by atoms with van der Waals surface area (Å²) < 4.78 is 19.0. The number of carbonyl (C=O) groups is 1. The number of thioether (sulfide) groups is 2. The molecule has 3 atom stereocenters. The first-order chi connectivity index (χ1) is 15.0. The van der Waals surface area contributed by atoms with E-state index in [-0.39, 0.29) is 33.4 Å². The van der Waals surface area contributed by atoms with Gasteiger partial charge in [0.25, 0.3) is 0 Å². The Morgan fingerprint density at radius 1 is 1.19 bits per heavy atom. The van der Waals surface area contributed by atoms with Crippen LogP contribution in [0.3, 0.4) is 0 Å². The largest absolute Gasteiger partial charge is 0.462 e. The topological polar surface area (TPSA) is 44.8 Å². The average Bonchev–Trinajstić information content (AvgIpc) is 2.71. The smallest absolute Gasteiger partial charge is 0.308 e. The molecule has 0 aromatic heterocycles. The highest BCUT2D eigenvalue weighted by atomic mass is 32.2. The highest BCUT2D eigenvalue weighted by Crippen LogP contribution is 2.51. The molecule has 2 aliphatic rings. The third-order valence-corrected chi connectivity index (χ3v) is 14.8. The number of ether oxygens (including phenoxy) is 2. The summed E-state index contributed by atoms with van der Waals surface area (Å²) in [6, 6.07) is 10.3. The Labute approximate surface area is 204 Å². The molecule has 0 unspecified atom stereocenters. The average molecular weight is 497 g/mol. The van der Waals surface area contributed by atoms with Crippen molar-refractivity contribution in [2.45, 2.75) is 101 Å². The van der Waals surface area contributed by atoms with Gasteiger partial charge in [-0.3, -0.25) is 4.79 Å². The second-order valence-corrected chi connectivity index (χ2v) is 18.6. The molecule has 0 bridgehead atoms. The summed E-state index contributed by atoms with van der Waals surface area (Å²) in [7, 11) is -2.02. The molecule has 2 saturated heterocycles. The van der Waals surface area contributed by atoms with Gasteiger partial charge in [0.05, 0.1) is 29.3 Å². The zero-order valence-corrected chi connectivity index (χ0v) is 23.2. The van der Waals surface area contributed by atoms with Gasteiger partial charge in [-0.25, -0.2) is 0 Å². The van der Waals surface area contributed by atoms with Gasteiger partial charge in [-0.05, 0) is 48.5 Å². The zero-order valence-electron chi connectivity index (χ0n) is 20.5. The van der Waals surface area contributed by atoms with Crippen LogP contribution in [0.2, 0.25) is 18.1 Å². The van der Waals surface area contributed by atoms with Crippen LogP contribution < -0.4 is 0 Å². The highest BCUT2D eigenvalue weighted by Gasteiger charge is 2.46. The Balaban J connectivity index is 1.72. The molecule has 0 radical (unpaired) electrons. The zero-order chi connectivity index (χ0) is 23.4. The number of hydrogen-bond acceptors (Lipinski definition) is 6. The quantitative estimate of drug-likeness (QED) is 0.297. The van der Waals surface area contributed by atoms with Crippen molar-refractivity contribution in [3.63, 3.8) is 0 Å². The molecular formula is C25H40O4S2Si. The third-order valence-electron chi connectivity index (χ3n) is 6.90. The van der Waals surface area contributed by atoms with E-state index in [2.05, 4.69) is 52.9 Å². The van der Waals surface area contributed by atoms with Gasteiger partial charge in [0.1, 0.15) is 6.10 Å². The molecule has 2 fully saturated rings. The first-order valence-corrected chi connectivity index (χ1v) is 16.7. The fourth-order valence-electron chi connectivity index (χ4n) is 3.94. The lowest BCUT2D eigenvalue weighted by Crippen LogP contribution is -2.49. The lowest BCUT2D eigenvalue weighted by atomic mass is 10.00. The molecule has 3 rings (SSSR count). The van der Waals surface area contributed by atoms with Gasteiger partial charge in [-0.2, -0.15) is 0 Å². The van der Waals surface area contributed by atoms with E-state index in [4.69, 9.17) is 13.9 Å². The van der Waals surface area contributed by atoms with Crippen molar-refractivity contribution in [2.75, 3.05) is 11.5 Å². The fraction of sp³-hybridized carbons (Fsp3) is 0.720. The second kappa shape index (κ2) is 10.9. The van der Waals surface area contributed by atoms with E-state index in [0.717, 1.165) is 23.5 Å². The molecule has 0 aliphatic carbocycles. The van der Waals surface area contributed by atoms with Crippen LogP contribution in [0.5, 0.6) is 0 Å². The standard InChI is InChI=1S/C25H40O4S2Si/c1-19(27-18-20-11-8-7-9-12-20)22(29-32(5,6)24(2,3)4)15-21-16-25(17-23(26)28-21)30-13-10-14-31-25/h7-9,11-12,19,21-22H,10,13-18H2,1-6H3/t19-,21-,22-/m1/s1. The van der Waals surface area contributed by atoms with E-state index in [9.17, 15) is 4.79 Å². The maximum absolute atomic E-state index is 12.5. The number of rotatable bonds is 8. The third kappa shape index (κ3) is 7.01. The first kappa shape index (κ1) is 26.1. The molecule has 0 N–H and O–H groups in total. The Bertz CT molecular complexity index is 744. The summed E-state index contributed by atoms with van der Waals surface area (Å²) in [4.78, 5) is 12.5. The number of carbonyl (C=O) groups excluding carboxylic acids is 1. The molecule has 2 aliphatic heterocycles. The summed E-state index contributed by atoms with van der Waals surface area (Å²) in [5.41, 5.74) is 1.16. The molecule has 2 heterocycles. The number of benzene rings is 1. The summed E-state index contributed by atoms with van der Waals surface area (Å²) in [5, 5.41) is 0.101. The molecule has 1 aromatic rings. The van der Waals surface area contributed by atoms with Crippen molar-refractivity contribution in [1.82, 2.24) is 0 Å². The van der Waals surface area contributed by atoms with E-state index >= 15 is 0 Å². The van der Waals surface area contributed by atoms with Gasteiger partial charge in [0.15, 0.2) is 8.32 Å². The van der Waals surface area contributed by atoms with Crippen molar-refractivity contribution in [3.05, 3.63) is 35.9 Å². The highest BCUT2D eigenvalue weighted by molar-refractivity contribution is 8.18. The molecule has 7 heteroatoms. The van der Waals surface area contributed by atoms with Crippen molar-refractivity contribution in [2.24, 2.45) is 0 Å². The van der Waals surface area contributed by atoms with Crippen LogP contribution in [-0.2, 0) is 25.3 Å². The van der Waals surface area contributed by atoms with Crippen molar-refractivity contribution < 1.29 is 18.7 Å². The van der Waals surface area contributed by atoms with Gasteiger partial charge in [0, 0.05) is 12.8 Å². The summed E-state index contributed by atoms with van der Waals surface area (Å²) in [6.45, 7) is 14.0. The van der Waals surface area contributed by atoms with E-state index in [0.29, 0.717) is 19.4 Å². The predicted octanol–water partition coefficient (Wildman–Crippen LogP) is 6.64. The molecule has 1 aromatic carbocycles. The maximum Gasteiger partial charge on any atom is 0.308 e. The maximum atomic E-state index is 12.5. The lowest BCUT2D eigenvalue weighted by molar-refractivity contribution is -0.156. The minimum atomic E-state index is -2.02. The summed E-state index contributed by atoms with van der Waals surface area (Å²) in [5.74, 6) is 2.20. The van der Waals surface area contributed by atoms with Gasteiger partial charge in [-0.1, -0.05) is 51.1 Å². The monoisotopic (exact) mass is 496 g/mol. The van der Waals surface area contributed by atoms with Crippen molar-refractivity contribution >= 4 is 37.8 Å². The van der Waals surface area contributed by atoms with Crippen LogP contribution in [0.1, 0.15) is 58.9 Å². The molecule has 0 saturated carbocycles. The summed E-state index contributed by atoms with van der Waals surface area (Å²) in [6.07, 6.45) is 3.02. The first-order valence-electron chi connectivity index (χ1n) is 11.8. The SMILES string of the molecule is C[C@@H](OCc1ccccc1)[C@@H](C[C@@H]1CC2(CC(=O)O1)SCCCS2)O[Si](C)(C)C(C)(C)C. The Morgan fingerprint density at radius 3 is 2.47 bits per heavy atom. The van der Waals surface area contributed by atoms with Crippen molar-refractivity contribution in [1.29, 1.82) is 0 Å². The Hall–Kier alpha value is -0.473.